The summed E-state index contributed by atoms with van der Waals surface area (Å²) in [5.74, 6) is 2.93. The second kappa shape index (κ2) is 6.79. The standard InChI is InChI=1S/C26H38N2O2/c1-15-21(16(2)28(5)27-15)12-17-13-23-20-7-6-18-14-19(29)8-10-25(18,3)22(20)9-11-26(23,4)24(17)30/h12,18-20,22-23,29H,6-11,13-14H2,1-5H3/b17-12-/t18-,19-,20-,22+,23+,25-,26-/m0/s1. The van der Waals surface area contributed by atoms with Crippen LogP contribution in [0.3, 0.4) is 0 Å². The molecule has 0 spiro atoms. The van der Waals surface area contributed by atoms with E-state index >= 15 is 0 Å². The molecule has 0 unspecified atom stereocenters. The summed E-state index contributed by atoms with van der Waals surface area (Å²) in [6.45, 7) is 8.91. The van der Waals surface area contributed by atoms with Gasteiger partial charge in [-0.25, -0.2) is 0 Å². The van der Waals surface area contributed by atoms with Crippen LogP contribution in [-0.2, 0) is 11.8 Å². The normalized spacial score (nSPS) is 44.7. The van der Waals surface area contributed by atoms with Gasteiger partial charge in [0.1, 0.15) is 0 Å². The summed E-state index contributed by atoms with van der Waals surface area (Å²) < 4.78 is 1.92. The number of hydrogen-bond acceptors (Lipinski definition) is 3. The Hall–Kier alpha value is -1.42. The largest absolute Gasteiger partial charge is 0.393 e. The number of fused-ring (bicyclic) bond motifs is 5. The minimum atomic E-state index is -0.186. The van der Waals surface area contributed by atoms with E-state index in [9.17, 15) is 9.90 Å². The first-order chi connectivity index (χ1) is 14.1. The second-order valence-electron chi connectivity index (χ2n) is 11.5. The quantitative estimate of drug-likeness (QED) is 0.663. The van der Waals surface area contributed by atoms with Crippen molar-refractivity contribution in [2.75, 3.05) is 0 Å². The van der Waals surface area contributed by atoms with Crippen molar-refractivity contribution in [3.8, 4) is 0 Å². The maximum Gasteiger partial charge on any atom is 0.165 e. The Morgan fingerprint density at radius 3 is 2.57 bits per heavy atom. The third-order valence-corrected chi connectivity index (χ3v) is 10.2. The van der Waals surface area contributed by atoms with Crippen molar-refractivity contribution in [2.45, 2.75) is 85.2 Å². The van der Waals surface area contributed by atoms with E-state index in [1.165, 1.54) is 19.3 Å². The van der Waals surface area contributed by atoms with Crippen molar-refractivity contribution in [2.24, 2.45) is 41.5 Å². The van der Waals surface area contributed by atoms with Gasteiger partial charge in [0.05, 0.1) is 11.8 Å². The molecule has 0 amide bonds. The molecule has 0 aliphatic heterocycles. The zero-order valence-electron chi connectivity index (χ0n) is 19.4. The summed E-state index contributed by atoms with van der Waals surface area (Å²) in [7, 11) is 1.98. The molecule has 0 saturated heterocycles. The van der Waals surface area contributed by atoms with Crippen LogP contribution in [0.25, 0.3) is 6.08 Å². The monoisotopic (exact) mass is 410 g/mol. The van der Waals surface area contributed by atoms with Gasteiger partial charge in [-0.2, -0.15) is 5.10 Å². The Balaban J connectivity index is 1.47. The SMILES string of the molecule is Cc1nn(C)c(C)c1/C=C1/C[C@@H]2[C@H]3CC[C@H]4C[C@@H](O)CC[C@]4(C)[C@@H]3CC[C@]2(C)C1=O. The molecule has 1 aromatic rings. The van der Waals surface area contributed by atoms with Gasteiger partial charge in [0.2, 0.25) is 0 Å². The molecular formula is C26H38N2O2. The highest BCUT2D eigenvalue weighted by Crippen LogP contribution is 2.66. The first kappa shape index (κ1) is 20.5. The van der Waals surface area contributed by atoms with Gasteiger partial charge in [0, 0.05) is 23.7 Å². The summed E-state index contributed by atoms with van der Waals surface area (Å²) >= 11 is 0. The van der Waals surface area contributed by atoms with Gasteiger partial charge in [0.25, 0.3) is 0 Å². The molecule has 4 nitrogen and oxygen atoms in total. The van der Waals surface area contributed by atoms with Crippen molar-refractivity contribution in [1.29, 1.82) is 0 Å². The van der Waals surface area contributed by atoms with E-state index in [0.29, 0.717) is 29.0 Å². The van der Waals surface area contributed by atoms with Gasteiger partial charge >= 0.3 is 0 Å². The number of allylic oxidation sites excluding steroid dienone is 1. The highest BCUT2D eigenvalue weighted by molar-refractivity contribution is 6.06. The van der Waals surface area contributed by atoms with Crippen LogP contribution >= 0.6 is 0 Å². The van der Waals surface area contributed by atoms with E-state index in [-0.39, 0.29) is 11.5 Å². The first-order valence-corrected chi connectivity index (χ1v) is 12.1. The predicted octanol–water partition coefficient (Wildman–Crippen LogP) is 5.00. The summed E-state index contributed by atoms with van der Waals surface area (Å²) in [6, 6.07) is 0. The highest BCUT2D eigenvalue weighted by Gasteiger charge is 2.61. The molecule has 4 aliphatic carbocycles. The maximum absolute atomic E-state index is 13.6. The number of nitrogens with zero attached hydrogens (tertiary/aromatic N) is 2. The molecule has 5 rings (SSSR count). The lowest BCUT2D eigenvalue weighted by atomic mass is 9.45. The van der Waals surface area contributed by atoms with E-state index in [2.05, 4.69) is 31.9 Å². The highest BCUT2D eigenvalue weighted by atomic mass is 16.3. The Morgan fingerprint density at radius 2 is 1.87 bits per heavy atom. The molecule has 1 N–H and O–H groups in total. The molecule has 164 valence electrons. The van der Waals surface area contributed by atoms with Crippen LogP contribution < -0.4 is 0 Å². The molecule has 4 heteroatoms. The predicted molar refractivity (Wildman–Crippen MR) is 119 cm³/mol. The molecule has 30 heavy (non-hydrogen) atoms. The molecule has 0 radical (unpaired) electrons. The van der Waals surface area contributed by atoms with Crippen LogP contribution in [0.2, 0.25) is 0 Å². The Morgan fingerprint density at radius 1 is 1.10 bits per heavy atom. The molecule has 1 aromatic heterocycles. The summed E-state index contributed by atoms with van der Waals surface area (Å²) in [5.41, 5.74) is 4.50. The molecular weight excluding hydrogens is 372 g/mol. The van der Waals surface area contributed by atoms with E-state index in [4.69, 9.17) is 0 Å². The topological polar surface area (TPSA) is 55.1 Å². The van der Waals surface area contributed by atoms with E-state index in [1.807, 2.05) is 18.7 Å². The minimum Gasteiger partial charge on any atom is -0.393 e. The summed E-state index contributed by atoms with van der Waals surface area (Å²) in [6.07, 6.45) is 10.8. The lowest BCUT2D eigenvalue weighted by molar-refractivity contribution is -0.141. The van der Waals surface area contributed by atoms with Crippen molar-refractivity contribution in [3.63, 3.8) is 0 Å². The average Bonchev–Trinajstić information content (AvgIpc) is 3.10. The molecule has 0 aromatic carbocycles. The Kier molecular flexibility index (Phi) is 4.63. The van der Waals surface area contributed by atoms with Gasteiger partial charge in [-0.1, -0.05) is 13.8 Å². The smallest absolute Gasteiger partial charge is 0.165 e. The number of ketones is 1. The molecule has 4 saturated carbocycles. The molecule has 4 aliphatic rings. The molecule has 4 fully saturated rings. The number of carbonyl (C=O) groups excluding carboxylic acids is 1. The van der Waals surface area contributed by atoms with Gasteiger partial charge in [0.15, 0.2) is 5.78 Å². The maximum atomic E-state index is 13.6. The number of hydrogen-bond donors (Lipinski definition) is 1. The Bertz CT molecular complexity index is 914. The molecule has 0 bridgehead atoms. The van der Waals surface area contributed by atoms with Crippen molar-refractivity contribution in [3.05, 3.63) is 22.5 Å². The third kappa shape index (κ3) is 2.75. The molecule has 1 heterocycles. The van der Waals surface area contributed by atoms with E-state index in [1.54, 1.807) is 0 Å². The van der Waals surface area contributed by atoms with Crippen LogP contribution in [0.4, 0.5) is 0 Å². The number of aromatic nitrogens is 2. The minimum absolute atomic E-state index is 0.0953. The molecule has 7 atom stereocenters. The Labute approximate surface area is 181 Å². The zero-order valence-corrected chi connectivity index (χ0v) is 19.4. The van der Waals surface area contributed by atoms with Crippen molar-refractivity contribution in [1.82, 2.24) is 9.78 Å². The number of aliphatic hydroxyl groups is 1. The van der Waals surface area contributed by atoms with E-state index < -0.39 is 0 Å². The lowest BCUT2D eigenvalue weighted by Crippen LogP contribution is -2.54. The second-order valence-corrected chi connectivity index (χ2v) is 11.5. The average molecular weight is 411 g/mol. The number of aliphatic hydroxyl groups excluding tert-OH is 1. The third-order valence-electron chi connectivity index (χ3n) is 10.2. The number of carbonyl (C=O) groups is 1. The van der Waals surface area contributed by atoms with Crippen molar-refractivity contribution < 1.29 is 9.90 Å². The lowest BCUT2D eigenvalue weighted by Gasteiger charge is -2.59. The summed E-state index contributed by atoms with van der Waals surface area (Å²) in [5, 5.41) is 14.8. The number of Topliss-reactive ketones (excluding diaryl/α,β-unsaturated/α-hetero) is 1. The fourth-order valence-corrected chi connectivity index (χ4v) is 8.21. The van der Waals surface area contributed by atoms with E-state index in [0.717, 1.165) is 60.5 Å². The fourth-order valence-electron chi connectivity index (χ4n) is 8.21. The fraction of sp³-hybridized carbons (Fsp3) is 0.769. The summed E-state index contributed by atoms with van der Waals surface area (Å²) in [4.78, 5) is 13.6. The van der Waals surface area contributed by atoms with Crippen LogP contribution in [0, 0.1) is 48.3 Å². The van der Waals surface area contributed by atoms with Gasteiger partial charge in [-0.05, 0) is 106 Å². The zero-order chi connectivity index (χ0) is 21.4. The van der Waals surface area contributed by atoms with Gasteiger partial charge in [-0.15, -0.1) is 0 Å². The van der Waals surface area contributed by atoms with Gasteiger partial charge in [-0.3, -0.25) is 9.48 Å². The van der Waals surface area contributed by atoms with Crippen molar-refractivity contribution >= 4 is 11.9 Å². The van der Waals surface area contributed by atoms with Crippen LogP contribution in [-0.4, -0.2) is 26.8 Å². The van der Waals surface area contributed by atoms with Crippen LogP contribution in [0.1, 0.15) is 82.2 Å². The van der Waals surface area contributed by atoms with Crippen LogP contribution in [0.15, 0.2) is 5.57 Å². The number of aryl methyl sites for hydroxylation is 2. The first-order valence-electron chi connectivity index (χ1n) is 12.1. The van der Waals surface area contributed by atoms with Gasteiger partial charge < -0.3 is 5.11 Å². The number of rotatable bonds is 1. The van der Waals surface area contributed by atoms with Crippen LogP contribution in [0.5, 0.6) is 0 Å².